The number of nitrogens with zero attached hydrogens (tertiary/aromatic N) is 5. The third kappa shape index (κ3) is 4.27. The van der Waals surface area contributed by atoms with E-state index in [2.05, 4.69) is 15.5 Å². The van der Waals surface area contributed by atoms with E-state index in [1.807, 2.05) is 0 Å². The number of rotatable bonds is 7. The predicted octanol–water partition coefficient (Wildman–Crippen LogP) is 2.60. The topological polar surface area (TPSA) is 105 Å². The van der Waals surface area contributed by atoms with E-state index >= 15 is 0 Å². The Hall–Kier alpha value is -4.05. The molecule has 4 rings (SSSR count). The lowest BCUT2D eigenvalue weighted by Crippen LogP contribution is -2.39. The minimum absolute atomic E-state index is 0.0887. The molecule has 0 unspecified atom stereocenters. The first-order chi connectivity index (χ1) is 16.3. The fourth-order valence-electron chi connectivity index (χ4n) is 3.59. The van der Waals surface area contributed by atoms with E-state index in [-0.39, 0.29) is 17.7 Å². The van der Waals surface area contributed by atoms with Gasteiger partial charge in [-0.3, -0.25) is 13.9 Å². The van der Waals surface area contributed by atoms with Crippen LogP contribution in [0, 0.1) is 0 Å². The summed E-state index contributed by atoms with van der Waals surface area (Å²) in [5, 5.41) is 4.75. The molecule has 0 bridgehead atoms. The van der Waals surface area contributed by atoms with Gasteiger partial charge in [-0.25, -0.2) is 10.2 Å². The minimum Gasteiger partial charge on any atom is -0.497 e. The van der Waals surface area contributed by atoms with Crippen LogP contribution in [0.4, 0.5) is 5.95 Å². The van der Waals surface area contributed by atoms with Crippen molar-refractivity contribution in [1.29, 1.82) is 0 Å². The lowest BCUT2D eigenvalue weighted by molar-refractivity contribution is 0.394. The number of fused-ring (bicyclic) bond motifs is 1. The first-order valence-electron chi connectivity index (χ1n) is 10.3. The average molecular weight is 483 g/mol. The Morgan fingerprint density at radius 3 is 2.59 bits per heavy atom. The summed E-state index contributed by atoms with van der Waals surface area (Å²) in [5.74, 6) is 1.54. The van der Waals surface area contributed by atoms with Gasteiger partial charge in [0, 0.05) is 30.7 Å². The quantitative estimate of drug-likeness (QED) is 0.321. The van der Waals surface area contributed by atoms with Crippen molar-refractivity contribution >= 4 is 34.9 Å². The molecule has 2 aromatic carbocycles. The van der Waals surface area contributed by atoms with E-state index in [0.717, 1.165) is 10.1 Å². The van der Waals surface area contributed by atoms with Crippen LogP contribution in [0.2, 0.25) is 5.02 Å². The summed E-state index contributed by atoms with van der Waals surface area (Å²) in [5.41, 5.74) is 3.87. The number of benzene rings is 2. The highest BCUT2D eigenvalue weighted by molar-refractivity contribution is 6.30. The first kappa shape index (κ1) is 23.1. The van der Waals surface area contributed by atoms with Crippen LogP contribution in [0.15, 0.2) is 57.2 Å². The molecule has 0 aliphatic carbocycles. The van der Waals surface area contributed by atoms with Crippen LogP contribution >= 0.6 is 11.6 Å². The number of anilines is 1. The van der Waals surface area contributed by atoms with E-state index in [1.54, 1.807) is 81.6 Å². The Labute approximate surface area is 199 Å². The zero-order valence-corrected chi connectivity index (χ0v) is 19.8. The molecule has 2 aromatic heterocycles. The molecule has 0 saturated carbocycles. The number of aryl methyl sites for hydroxylation is 2. The number of halogens is 1. The number of nitrogens with one attached hydrogen (secondary N) is 1. The Kier molecular flexibility index (Phi) is 6.42. The molecule has 0 aliphatic heterocycles. The van der Waals surface area contributed by atoms with E-state index in [1.165, 1.54) is 4.57 Å². The maximum absolute atomic E-state index is 13.2. The molecular formula is C23H23ClN6O4. The van der Waals surface area contributed by atoms with Crippen LogP contribution < -0.4 is 26.1 Å². The molecule has 11 heteroatoms. The van der Waals surface area contributed by atoms with Crippen LogP contribution in [0.3, 0.4) is 0 Å². The van der Waals surface area contributed by atoms with Gasteiger partial charge >= 0.3 is 5.69 Å². The Morgan fingerprint density at radius 2 is 1.88 bits per heavy atom. The van der Waals surface area contributed by atoms with Crippen LogP contribution in [-0.4, -0.2) is 39.1 Å². The lowest BCUT2D eigenvalue weighted by atomic mass is 10.2. The molecule has 0 atom stereocenters. The monoisotopic (exact) mass is 482 g/mol. The second-order valence-corrected chi connectivity index (χ2v) is 7.94. The van der Waals surface area contributed by atoms with Crippen molar-refractivity contribution in [2.75, 3.05) is 19.6 Å². The summed E-state index contributed by atoms with van der Waals surface area (Å²) < 4.78 is 14.6. The fourth-order valence-corrected chi connectivity index (χ4v) is 3.80. The van der Waals surface area contributed by atoms with Gasteiger partial charge in [-0.1, -0.05) is 23.7 Å². The Bertz CT molecular complexity index is 1520. The second-order valence-electron chi connectivity index (χ2n) is 7.51. The second kappa shape index (κ2) is 9.44. The van der Waals surface area contributed by atoms with Gasteiger partial charge in [-0.2, -0.15) is 10.1 Å². The predicted molar refractivity (Wildman–Crippen MR) is 132 cm³/mol. The molecule has 0 amide bonds. The average Bonchev–Trinajstić information content (AvgIpc) is 3.17. The summed E-state index contributed by atoms with van der Waals surface area (Å²) in [4.78, 5) is 30.5. The maximum atomic E-state index is 13.2. The molecule has 2 heterocycles. The van der Waals surface area contributed by atoms with Crippen molar-refractivity contribution in [3.8, 4) is 11.5 Å². The fraction of sp³-hybridized carbons (Fsp3) is 0.217. The molecular weight excluding hydrogens is 460 g/mol. The van der Waals surface area contributed by atoms with Crippen molar-refractivity contribution in [3.05, 3.63) is 79.5 Å². The van der Waals surface area contributed by atoms with Crippen molar-refractivity contribution in [1.82, 2.24) is 18.7 Å². The molecule has 0 radical (unpaired) electrons. The van der Waals surface area contributed by atoms with E-state index in [0.29, 0.717) is 28.0 Å². The van der Waals surface area contributed by atoms with E-state index < -0.39 is 11.2 Å². The number of hydrazone groups is 1. The molecule has 176 valence electrons. The number of hydrogen-bond donors (Lipinski definition) is 1. The number of hydrogen-bond acceptors (Lipinski definition) is 7. The largest absolute Gasteiger partial charge is 0.497 e. The van der Waals surface area contributed by atoms with Crippen molar-refractivity contribution in [2.45, 2.75) is 6.54 Å². The highest BCUT2D eigenvalue weighted by Crippen LogP contribution is 2.23. The smallest absolute Gasteiger partial charge is 0.332 e. The van der Waals surface area contributed by atoms with Crippen LogP contribution in [0.25, 0.3) is 11.2 Å². The van der Waals surface area contributed by atoms with Gasteiger partial charge in [-0.05, 0) is 29.8 Å². The zero-order valence-electron chi connectivity index (χ0n) is 19.1. The van der Waals surface area contributed by atoms with Gasteiger partial charge in [0.05, 0.1) is 27.0 Å². The first-order valence-corrected chi connectivity index (χ1v) is 10.6. The Morgan fingerprint density at radius 1 is 1.09 bits per heavy atom. The van der Waals surface area contributed by atoms with E-state index in [4.69, 9.17) is 21.1 Å². The molecule has 0 spiro atoms. The number of ether oxygens (including phenoxy) is 2. The molecule has 34 heavy (non-hydrogen) atoms. The molecule has 10 nitrogen and oxygen atoms in total. The van der Waals surface area contributed by atoms with Crippen LogP contribution in [0.5, 0.6) is 11.5 Å². The standard InChI is InChI=1S/C23H23ClN6O4/c1-28-19-20(26-22(28)27-25-12-15-8-9-17(33-3)11-18(15)34-4)29(2)23(32)30(21(19)31)13-14-6-5-7-16(24)10-14/h5-12H,13H2,1-4H3,(H,26,27)/b25-12+. The Balaban J connectivity index is 1.70. The van der Waals surface area contributed by atoms with Crippen LogP contribution in [0.1, 0.15) is 11.1 Å². The summed E-state index contributed by atoms with van der Waals surface area (Å²) in [6, 6.07) is 12.4. The highest BCUT2D eigenvalue weighted by atomic mass is 35.5. The molecule has 1 N–H and O–H groups in total. The summed E-state index contributed by atoms with van der Waals surface area (Å²) in [6.45, 7) is 0.0887. The molecule has 0 saturated heterocycles. The highest BCUT2D eigenvalue weighted by Gasteiger charge is 2.18. The van der Waals surface area contributed by atoms with Gasteiger partial charge in [0.2, 0.25) is 5.95 Å². The summed E-state index contributed by atoms with van der Waals surface area (Å²) in [7, 11) is 6.38. The van der Waals surface area contributed by atoms with Gasteiger partial charge in [-0.15, -0.1) is 0 Å². The zero-order chi connectivity index (χ0) is 24.4. The van der Waals surface area contributed by atoms with Gasteiger partial charge in [0.25, 0.3) is 5.56 Å². The number of imidazole rings is 1. The third-order valence-electron chi connectivity index (χ3n) is 5.40. The number of methoxy groups -OCH3 is 2. The minimum atomic E-state index is -0.478. The van der Waals surface area contributed by atoms with Crippen LogP contribution in [-0.2, 0) is 20.6 Å². The third-order valence-corrected chi connectivity index (χ3v) is 5.63. The summed E-state index contributed by atoms with van der Waals surface area (Å²) in [6.07, 6.45) is 1.56. The van der Waals surface area contributed by atoms with E-state index in [9.17, 15) is 9.59 Å². The number of aromatic nitrogens is 4. The van der Waals surface area contributed by atoms with Crippen molar-refractivity contribution in [3.63, 3.8) is 0 Å². The lowest BCUT2D eigenvalue weighted by Gasteiger charge is -2.09. The normalized spacial score (nSPS) is 11.3. The molecule has 0 fully saturated rings. The van der Waals surface area contributed by atoms with Gasteiger partial charge in [0.1, 0.15) is 11.5 Å². The van der Waals surface area contributed by atoms with Crippen molar-refractivity contribution < 1.29 is 9.47 Å². The van der Waals surface area contributed by atoms with Gasteiger partial charge < -0.3 is 14.0 Å². The van der Waals surface area contributed by atoms with Crippen molar-refractivity contribution in [2.24, 2.45) is 19.2 Å². The molecule has 0 aliphatic rings. The SMILES string of the molecule is COc1ccc(/C=N/Nc2nc3c(c(=O)n(Cc4cccc(Cl)c4)c(=O)n3C)n2C)c(OC)c1. The molecule has 4 aromatic rings. The summed E-state index contributed by atoms with van der Waals surface area (Å²) >= 11 is 6.05. The maximum Gasteiger partial charge on any atom is 0.332 e. The van der Waals surface area contributed by atoms with Gasteiger partial charge in [0.15, 0.2) is 11.2 Å².